The first-order chi connectivity index (χ1) is 12.5. The fourth-order valence-electron chi connectivity index (χ4n) is 4.32. The maximum absolute atomic E-state index is 13.6. The lowest BCUT2D eigenvalue weighted by Crippen LogP contribution is -2.44. The number of methoxy groups -OCH3 is 1. The maximum atomic E-state index is 13.6. The van der Waals surface area contributed by atoms with Gasteiger partial charge in [-0.3, -0.25) is 9.69 Å². The number of aryl methyl sites for hydroxylation is 1. The lowest BCUT2D eigenvalue weighted by atomic mass is 10.1. The van der Waals surface area contributed by atoms with Crippen molar-refractivity contribution >= 4 is 16.8 Å². The van der Waals surface area contributed by atoms with Crippen molar-refractivity contribution in [2.75, 3.05) is 47.0 Å². The number of rotatable bonds is 2. The minimum atomic E-state index is 0.119. The molecule has 2 aliphatic rings. The molecular formula is C20H27N3O3. The monoisotopic (exact) mass is 357 g/mol. The van der Waals surface area contributed by atoms with Crippen LogP contribution in [0.1, 0.15) is 16.1 Å². The highest BCUT2D eigenvalue weighted by Crippen LogP contribution is 2.30. The number of hydrogen-bond donors (Lipinski definition) is 0. The van der Waals surface area contributed by atoms with E-state index >= 15 is 0 Å². The van der Waals surface area contributed by atoms with Crippen LogP contribution in [0.4, 0.5) is 0 Å². The molecule has 140 valence electrons. The summed E-state index contributed by atoms with van der Waals surface area (Å²) in [5.41, 5.74) is 2.85. The summed E-state index contributed by atoms with van der Waals surface area (Å²) in [5, 5.41) is 0.966. The molecule has 2 fully saturated rings. The van der Waals surface area contributed by atoms with Gasteiger partial charge in [-0.05, 0) is 32.2 Å². The zero-order valence-corrected chi connectivity index (χ0v) is 16.0. The van der Waals surface area contributed by atoms with Crippen molar-refractivity contribution in [3.8, 4) is 5.75 Å². The van der Waals surface area contributed by atoms with Crippen molar-refractivity contribution in [1.82, 2.24) is 14.4 Å². The number of fused-ring (bicyclic) bond motifs is 4. The summed E-state index contributed by atoms with van der Waals surface area (Å²) in [6, 6.07) is 6.20. The molecule has 0 N–H and O–H groups in total. The SMILES string of the molecule is COc1ccc2c(c1)c(C(=O)N1C[C@@H]3COC[C@H](C1)N(C)C3)c(C)n2C. The summed E-state index contributed by atoms with van der Waals surface area (Å²) in [6.45, 7) is 5.89. The summed E-state index contributed by atoms with van der Waals surface area (Å²) in [4.78, 5) is 17.9. The van der Waals surface area contributed by atoms with E-state index in [1.807, 2.05) is 37.1 Å². The van der Waals surface area contributed by atoms with Gasteiger partial charge >= 0.3 is 0 Å². The highest BCUT2D eigenvalue weighted by molar-refractivity contribution is 6.08. The molecule has 0 radical (unpaired) electrons. The van der Waals surface area contributed by atoms with Crippen LogP contribution in [0.25, 0.3) is 10.9 Å². The van der Waals surface area contributed by atoms with E-state index in [0.717, 1.165) is 47.6 Å². The quantitative estimate of drug-likeness (QED) is 0.824. The van der Waals surface area contributed by atoms with Crippen LogP contribution >= 0.6 is 0 Å². The van der Waals surface area contributed by atoms with Crippen LogP contribution in [-0.4, -0.2) is 73.3 Å². The van der Waals surface area contributed by atoms with E-state index in [2.05, 4.69) is 16.5 Å². The highest BCUT2D eigenvalue weighted by atomic mass is 16.5. The minimum Gasteiger partial charge on any atom is -0.497 e. The first kappa shape index (κ1) is 17.4. The van der Waals surface area contributed by atoms with Gasteiger partial charge in [-0.15, -0.1) is 0 Å². The van der Waals surface area contributed by atoms with Crippen LogP contribution in [0, 0.1) is 12.8 Å². The Hall–Kier alpha value is -2.05. The third-order valence-electron chi connectivity index (χ3n) is 5.94. The van der Waals surface area contributed by atoms with E-state index in [9.17, 15) is 4.79 Å². The molecule has 0 aliphatic carbocycles. The number of amides is 1. The first-order valence-electron chi connectivity index (χ1n) is 9.20. The predicted molar refractivity (Wildman–Crippen MR) is 101 cm³/mol. The molecule has 2 bridgehead atoms. The number of carbonyl (C=O) groups is 1. The molecule has 6 nitrogen and oxygen atoms in total. The van der Waals surface area contributed by atoms with Crippen LogP contribution in [0.5, 0.6) is 5.75 Å². The molecule has 2 aromatic rings. The van der Waals surface area contributed by atoms with E-state index in [1.165, 1.54) is 0 Å². The van der Waals surface area contributed by atoms with E-state index in [4.69, 9.17) is 9.47 Å². The molecule has 1 aromatic carbocycles. The molecule has 0 unspecified atom stereocenters. The van der Waals surface area contributed by atoms with Gasteiger partial charge < -0.3 is 18.9 Å². The Labute approximate surface area is 154 Å². The summed E-state index contributed by atoms with van der Waals surface area (Å²) in [6.07, 6.45) is 0. The second-order valence-electron chi connectivity index (χ2n) is 7.61. The molecule has 2 aliphatic heterocycles. The number of carbonyl (C=O) groups excluding carboxylic acids is 1. The average Bonchev–Trinajstić information content (AvgIpc) is 2.75. The molecule has 2 atom stereocenters. The molecule has 2 saturated heterocycles. The molecule has 1 amide bonds. The molecular weight excluding hydrogens is 330 g/mol. The molecule has 6 heteroatoms. The molecule has 0 spiro atoms. The van der Waals surface area contributed by atoms with Gasteiger partial charge in [0.25, 0.3) is 5.91 Å². The number of ether oxygens (including phenoxy) is 2. The zero-order valence-electron chi connectivity index (χ0n) is 16.0. The third-order valence-corrected chi connectivity index (χ3v) is 5.94. The van der Waals surface area contributed by atoms with Crippen LogP contribution in [-0.2, 0) is 11.8 Å². The van der Waals surface area contributed by atoms with Crippen molar-refractivity contribution in [3.05, 3.63) is 29.5 Å². The van der Waals surface area contributed by atoms with Crippen LogP contribution in [0.2, 0.25) is 0 Å². The lowest BCUT2D eigenvalue weighted by Gasteiger charge is -2.30. The summed E-state index contributed by atoms with van der Waals surface area (Å²) >= 11 is 0. The standard InChI is InChI=1S/C20H27N3O3/c1-13-19(17-7-16(25-4)5-6-18(17)22(13)3)20(24)23-9-14-8-21(2)15(10-23)12-26-11-14/h5-7,14-15H,8-12H2,1-4H3/t14-,15+/m1/s1. The van der Waals surface area contributed by atoms with Gasteiger partial charge in [0.1, 0.15) is 5.75 Å². The summed E-state index contributed by atoms with van der Waals surface area (Å²) < 4.78 is 13.3. The normalized spacial score (nSPS) is 23.9. The van der Waals surface area contributed by atoms with Crippen molar-refractivity contribution in [2.45, 2.75) is 13.0 Å². The number of nitrogens with zero attached hydrogens (tertiary/aromatic N) is 3. The molecule has 26 heavy (non-hydrogen) atoms. The fraction of sp³-hybridized carbons (Fsp3) is 0.550. The number of aromatic nitrogens is 1. The van der Waals surface area contributed by atoms with Crippen molar-refractivity contribution in [3.63, 3.8) is 0 Å². The first-order valence-corrected chi connectivity index (χ1v) is 9.20. The van der Waals surface area contributed by atoms with Crippen molar-refractivity contribution < 1.29 is 14.3 Å². The van der Waals surface area contributed by atoms with Gasteiger partial charge in [-0.25, -0.2) is 0 Å². The molecule has 3 heterocycles. The largest absolute Gasteiger partial charge is 0.497 e. The van der Waals surface area contributed by atoms with Crippen LogP contribution < -0.4 is 4.74 Å². The Morgan fingerprint density at radius 3 is 2.77 bits per heavy atom. The Kier molecular flexibility index (Phi) is 4.40. The van der Waals surface area contributed by atoms with Gasteiger partial charge in [-0.1, -0.05) is 0 Å². The number of likely N-dealkylation sites (N-methyl/N-ethyl adjacent to an activating group) is 1. The Balaban J connectivity index is 1.75. The third kappa shape index (κ3) is 2.77. The second-order valence-corrected chi connectivity index (χ2v) is 7.61. The second kappa shape index (κ2) is 6.59. The molecule has 1 aromatic heterocycles. The number of hydrogen-bond acceptors (Lipinski definition) is 4. The van der Waals surface area contributed by atoms with E-state index < -0.39 is 0 Å². The van der Waals surface area contributed by atoms with E-state index in [1.54, 1.807) is 7.11 Å². The van der Waals surface area contributed by atoms with Crippen molar-refractivity contribution in [1.29, 1.82) is 0 Å². The Morgan fingerprint density at radius 1 is 1.19 bits per heavy atom. The smallest absolute Gasteiger partial charge is 0.256 e. The predicted octanol–water partition coefficient (Wildman–Crippen LogP) is 1.90. The van der Waals surface area contributed by atoms with Crippen molar-refractivity contribution in [2.24, 2.45) is 13.0 Å². The zero-order chi connectivity index (χ0) is 18.4. The topological polar surface area (TPSA) is 46.9 Å². The van der Waals surface area contributed by atoms with E-state index in [0.29, 0.717) is 19.1 Å². The van der Waals surface area contributed by atoms with Gasteiger partial charge in [0.2, 0.25) is 0 Å². The highest BCUT2D eigenvalue weighted by Gasteiger charge is 2.35. The molecule has 0 saturated carbocycles. The maximum Gasteiger partial charge on any atom is 0.256 e. The molecule has 4 rings (SSSR count). The summed E-state index contributed by atoms with van der Waals surface area (Å²) in [7, 11) is 5.80. The van der Waals surface area contributed by atoms with Crippen LogP contribution in [0.15, 0.2) is 18.2 Å². The lowest BCUT2D eigenvalue weighted by molar-refractivity contribution is 0.0434. The minimum absolute atomic E-state index is 0.119. The van der Waals surface area contributed by atoms with Crippen LogP contribution in [0.3, 0.4) is 0 Å². The van der Waals surface area contributed by atoms with E-state index in [-0.39, 0.29) is 11.9 Å². The Bertz CT molecular complexity index is 844. The van der Waals surface area contributed by atoms with Gasteiger partial charge in [0.15, 0.2) is 0 Å². The fourth-order valence-corrected chi connectivity index (χ4v) is 4.32. The van der Waals surface area contributed by atoms with Gasteiger partial charge in [-0.2, -0.15) is 0 Å². The van der Waals surface area contributed by atoms with Gasteiger partial charge in [0.05, 0.1) is 31.9 Å². The Morgan fingerprint density at radius 2 is 2.00 bits per heavy atom. The number of benzene rings is 1. The van der Waals surface area contributed by atoms with Gasteiger partial charge in [0, 0.05) is 49.2 Å². The average molecular weight is 357 g/mol. The summed E-state index contributed by atoms with van der Waals surface area (Å²) in [5.74, 6) is 1.26.